The van der Waals surface area contributed by atoms with E-state index in [4.69, 9.17) is 19.0 Å². The summed E-state index contributed by atoms with van der Waals surface area (Å²) >= 11 is 0. The van der Waals surface area contributed by atoms with Gasteiger partial charge in [0.05, 0.1) is 18.1 Å². The molecule has 1 N–H and O–H groups in total. The lowest BCUT2D eigenvalue weighted by Gasteiger charge is -2.32. The number of rotatable bonds is 5. The Morgan fingerprint density at radius 2 is 1.67 bits per heavy atom. The largest absolute Gasteiger partial charge is 0.486 e. The number of furan rings is 1. The average molecular weight is 487 g/mol. The van der Waals surface area contributed by atoms with Gasteiger partial charge in [-0.3, -0.25) is 4.90 Å². The van der Waals surface area contributed by atoms with Gasteiger partial charge in [0.2, 0.25) is 0 Å². The fraction of sp³-hybridized carbons (Fsp3) is 0.259. The second-order valence-electron chi connectivity index (χ2n) is 8.86. The van der Waals surface area contributed by atoms with Crippen LogP contribution in [0.5, 0.6) is 11.5 Å². The van der Waals surface area contributed by atoms with E-state index in [-0.39, 0.29) is 0 Å². The van der Waals surface area contributed by atoms with E-state index in [1.807, 2.05) is 53.3 Å². The summed E-state index contributed by atoms with van der Waals surface area (Å²) in [7, 11) is 0. The molecule has 9 nitrogen and oxygen atoms in total. The molecule has 1 saturated heterocycles. The van der Waals surface area contributed by atoms with Crippen molar-refractivity contribution < 1.29 is 23.8 Å². The molecule has 0 atom stereocenters. The number of aromatic nitrogens is 2. The smallest absolute Gasteiger partial charge is 0.407 e. The number of amides is 1. The summed E-state index contributed by atoms with van der Waals surface area (Å²) in [6.07, 6.45) is 2.67. The average Bonchev–Trinajstić information content (AvgIpc) is 3.59. The van der Waals surface area contributed by atoms with Gasteiger partial charge in [0.1, 0.15) is 18.9 Å². The molecule has 4 aromatic rings. The molecule has 0 radical (unpaired) electrons. The van der Waals surface area contributed by atoms with Crippen LogP contribution in [0, 0.1) is 0 Å². The highest BCUT2D eigenvalue weighted by atomic mass is 16.6. The first-order valence-electron chi connectivity index (χ1n) is 12.0. The fourth-order valence-electron chi connectivity index (χ4n) is 4.73. The van der Waals surface area contributed by atoms with Gasteiger partial charge in [-0.15, -0.1) is 0 Å². The van der Waals surface area contributed by atoms with Crippen LogP contribution in [0.2, 0.25) is 0 Å². The topological polar surface area (TPSA) is 93.2 Å². The van der Waals surface area contributed by atoms with Crippen molar-refractivity contribution in [3.8, 4) is 39.8 Å². The van der Waals surface area contributed by atoms with Crippen molar-refractivity contribution in [2.45, 2.75) is 6.54 Å². The Kier molecular flexibility index (Phi) is 5.82. The van der Waals surface area contributed by atoms with Gasteiger partial charge in [-0.25, -0.2) is 9.48 Å². The zero-order valence-electron chi connectivity index (χ0n) is 19.7. The summed E-state index contributed by atoms with van der Waals surface area (Å²) in [5.74, 6) is 2.28. The molecule has 0 bridgehead atoms. The van der Waals surface area contributed by atoms with Crippen LogP contribution in [-0.4, -0.2) is 70.2 Å². The summed E-state index contributed by atoms with van der Waals surface area (Å²) in [5.41, 5.74) is 4.97. The number of carbonyl (C=O) groups is 1. The number of benzene rings is 2. The van der Waals surface area contributed by atoms with E-state index >= 15 is 0 Å². The second kappa shape index (κ2) is 9.43. The first-order chi connectivity index (χ1) is 17.7. The van der Waals surface area contributed by atoms with Crippen molar-refractivity contribution in [2.75, 3.05) is 39.4 Å². The Morgan fingerprint density at radius 3 is 2.39 bits per heavy atom. The SMILES string of the molecule is O=C(O)N1CCN(Cc2cnn(-c3ccc(-c4ccc5c(c4)OCCO5)cc3)c2-c2ccco2)CC1. The normalized spacial score (nSPS) is 15.7. The maximum absolute atomic E-state index is 11.2. The van der Waals surface area contributed by atoms with Crippen molar-refractivity contribution in [2.24, 2.45) is 0 Å². The van der Waals surface area contributed by atoms with Crippen LogP contribution in [-0.2, 0) is 6.54 Å². The van der Waals surface area contributed by atoms with Crippen molar-refractivity contribution in [3.63, 3.8) is 0 Å². The predicted molar refractivity (Wildman–Crippen MR) is 133 cm³/mol. The maximum atomic E-state index is 11.2. The molecule has 0 spiro atoms. The van der Waals surface area contributed by atoms with Crippen molar-refractivity contribution in [1.29, 1.82) is 0 Å². The zero-order valence-corrected chi connectivity index (χ0v) is 19.7. The minimum atomic E-state index is -0.863. The first-order valence-corrected chi connectivity index (χ1v) is 12.0. The maximum Gasteiger partial charge on any atom is 0.407 e. The van der Waals surface area contributed by atoms with E-state index in [0.29, 0.717) is 45.9 Å². The summed E-state index contributed by atoms with van der Waals surface area (Å²) in [6, 6.07) is 18.0. The molecule has 1 amide bonds. The van der Waals surface area contributed by atoms with E-state index in [2.05, 4.69) is 17.0 Å². The molecule has 0 saturated carbocycles. The minimum Gasteiger partial charge on any atom is -0.486 e. The van der Waals surface area contributed by atoms with Crippen LogP contribution >= 0.6 is 0 Å². The summed E-state index contributed by atoms with van der Waals surface area (Å²) < 4.78 is 19.0. The summed E-state index contributed by atoms with van der Waals surface area (Å²) in [6.45, 7) is 4.16. The van der Waals surface area contributed by atoms with Gasteiger partial charge in [0.15, 0.2) is 17.3 Å². The lowest BCUT2D eigenvalue weighted by molar-refractivity contribution is 0.103. The lowest BCUT2D eigenvalue weighted by atomic mass is 10.0. The molecule has 2 aromatic heterocycles. The monoisotopic (exact) mass is 486 g/mol. The minimum absolute atomic E-state index is 0.501. The van der Waals surface area contributed by atoms with E-state index in [0.717, 1.165) is 45.3 Å². The second-order valence-corrected chi connectivity index (χ2v) is 8.86. The Morgan fingerprint density at radius 1 is 0.917 bits per heavy atom. The lowest BCUT2D eigenvalue weighted by Crippen LogP contribution is -2.47. The highest BCUT2D eigenvalue weighted by Crippen LogP contribution is 2.35. The number of hydrogen-bond donors (Lipinski definition) is 1. The molecular weight excluding hydrogens is 460 g/mol. The highest BCUT2D eigenvalue weighted by molar-refractivity contribution is 5.69. The number of piperazine rings is 1. The van der Waals surface area contributed by atoms with Gasteiger partial charge in [0, 0.05) is 38.3 Å². The van der Waals surface area contributed by atoms with Gasteiger partial charge < -0.3 is 23.9 Å². The summed E-state index contributed by atoms with van der Waals surface area (Å²) in [5, 5.41) is 13.9. The standard InChI is InChI=1S/C27H26N4O5/c32-27(33)30-11-9-29(10-12-30)18-21-17-28-31(26(21)24-2-1-13-34-24)22-6-3-19(4-7-22)20-5-8-23-25(16-20)36-15-14-35-23/h1-8,13,16-17H,9-12,14-15,18H2,(H,32,33). The van der Waals surface area contributed by atoms with Gasteiger partial charge in [-0.05, 0) is 47.5 Å². The van der Waals surface area contributed by atoms with E-state index in [1.165, 1.54) is 4.90 Å². The van der Waals surface area contributed by atoms with Crippen LogP contribution in [0.4, 0.5) is 4.79 Å². The van der Waals surface area contributed by atoms with Crippen LogP contribution in [0.15, 0.2) is 71.5 Å². The Hall–Kier alpha value is -4.24. The van der Waals surface area contributed by atoms with Crippen LogP contribution < -0.4 is 9.47 Å². The molecule has 0 aliphatic carbocycles. The molecule has 36 heavy (non-hydrogen) atoms. The zero-order chi connectivity index (χ0) is 24.5. The van der Waals surface area contributed by atoms with E-state index in [1.54, 1.807) is 6.26 Å². The third kappa shape index (κ3) is 4.29. The number of carboxylic acid groups (broad SMARTS) is 1. The van der Waals surface area contributed by atoms with Crippen molar-refractivity contribution in [1.82, 2.24) is 19.6 Å². The molecule has 9 heteroatoms. The molecule has 6 rings (SSSR count). The van der Waals surface area contributed by atoms with Gasteiger partial charge in [0.25, 0.3) is 0 Å². The van der Waals surface area contributed by atoms with Gasteiger partial charge >= 0.3 is 6.09 Å². The molecule has 2 aliphatic rings. The highest BCUT2D eigenvalue weighted by Gasteiger charge is 2.24. The number of hydrogen-bond acceptors (Lipinski definition) is 6. The van der Waals surface area contributed by atoms with Crippen molar-refractivity contribution in [3.05, 3.63) is 72.6 Å². The molecule has 4 heterocycles. The molecule has 184 valence electrons. The van der Waals surface area contributed by atoms with Crippen LogP contribution in [0.3, 0.4) is 0 Å². The third-order valence-corrected chi connectivity index (χ3v) is 6.62. The van der Waals surface area contributed by atoms with Crippen LogP contribution in [0.25, 0.3) is 28.3 Å². The van der Waals surface area contributed by atoms with E-state index in [9.17, 15) is 9.90 Å². The van der Waals surface area contributed by atoms with Gasteiger partial charge in [-0.2, -0.15) is 5.10 Å². The first kappa shape index (κ1) is 22.2. The van der Waals surface area contributed by atoms with E-state index < -0.39 is 6.09 Å². The Balaban J connectivity index is 1.27. The van der Waals surface area contributed by atoms with Crippen molar-refractivity contribution >= 4 is 6.09 Å². The fourth-order valence-corrected chi connectivity index (χ4v) is 4.73. The molecule has 1 fully saturated rings. The van der Waals surface area contributed by atoms with Gasteiger partial charge in [-0.1, -0.05) is 18.2 Å². The number of fused-ring (bicyclic) bond motifs is 1. The quantitative estimate of drug-likeness (QED) is 0.448. The van der Waals surface area contributed by atoms with Crippen LogP contribution in [0.1, 0.15) is 5.56 Å². The third-order valence-electron chi connectivity index (χ3n) is 6.62. The molecule has 0 unspecified atom stereocenters. The Bertz CT molecular complexity index is 1360. The molecule has 2 aromatic carbocycles. The Labute approximate surface area is 208 Å². The predicted octanol–water partition coefficient (Wildman–Crippen LogP) is 4.37. The number of nitrogens with zero attached hydrogens (tertiary/aromatic N) is 4. The molecule has 2 aliphatic heterocycles. The molecular formula is C27H26N4O5. The summed E-state index contributed by atoms with van der Waals surface area (Å²) in [4.78, 5) is 14.9. The number of ether oxygens (including phenoxy) is 2.